The lowest BCUT2D eigenvalue weighted by Gasteiger charge is -2.11. The Kier molecular flexibility index (Phi) is 4.90. The minimum Gasteiger partial charge on any atom is -0.322 e. The molecule has 2 heterocycles. The summed E-state index contributed by atoms with van der Waals surface area (Å²) in [4.78, 5) is 12.9. The maximum Gasteiger partial charge on any atom is 0.259 e. The molecule has 4 rings (SSSR count). The molecule has 29 heavy (non-hydrogen) atoms. The number of nitrogens with zero attached hydrogens (tertiary/aromatic N) is 6. The summed E-state index contributed by atoms with van der Waals surface area (Å²) in [5.41, 5.74) is 6.03. The molecule has 0 aliphatic heterocycles. The molecule has 1 amide bonds. The average Bonchev–Trinajstić information content (AvgIpc) is 3.38. The van der Waals surface area contributed by atoms with Crippen molar-refractivity contribution in [3.63, 3.8) is 0 Å². The Labute approximate surface area is 168 Å². The van der Waals surface area contributed by atoms with Crippen molar-refractivity contribution in [3.8, 4) is 11.4 Å². The summed E-state index contributed by atoms with van der Waals surface area (Å²) in [5.74, 6) is -0.184. The highest BCUT2D eigenvalue weighted by Gasteiger charge is 2.18. The van der Waals surface area contributed by atoms with E-state index >= 15 is 0 Å². The highest BCUT2D eigenvalue weighted by Crippen LogP contribution is 2.22. The summed E-state index contributed by atoms with van der Waals surface area (Å²) in [6.45, 7) is 6.00. The fraction of sp³-hybridized carbons (Fsp3) is 0.190. The number of para-hydroxylation sites is 1. The second-order valence-electron chi connectivity index (χ2n) is 6.77. The first kappa shape index (κ1) is 18.5. The summed E-state index contributed by atoms with van der Waals surface area (Å²) in [5, 5.41) is 18.7. The smallest absolute Gasteiger partial charge is 0.259 e. The van der Waals surface area contributed by atoms with Crippen LogP contribution in [0.3, 0.4) is 0 Å². The molecule has 0 saturated heterocycles. The Hall–Kier alpha value is -3.81. The highest BCUT2D eigenvalue weighted by molar-refractivity contribution is 6.05. The van der Waals surface area contributed by atoms with Crippen molar-refractivity contribution >= 4 is 11.6 Å². The first-order chi connectivity index (χ1) is 14.1. The van der Waals surface area contributed by atoms with E-state index in [2.05, 4.69) is 25.9 Å². The standard InChI is InChI=1S/C21H21N7O/c1-4-18-17(12-23-28(18)20-8-6-5-7-14(20)2)21(29)24-16-9-10-19(15(3)11-16)27-13-22-25-26-27/h5-13H,4H2,1-3H3,(H,24,29). The van der Waals surface area contributed by atoms with Crippen LogP contribution in [0, 0.1) is 13.8 Å². The molecule has 1 N–H and O–H groups in total. The fourth-order valence-electron chi connectivity index (χ4n) is 3.37. The molecule has 146 valence electrons. The second kappa shape index (κ2) is 7.67. The Morgan fingerprint density at radius 2 is 1.90 bits per heavy atom. The SMILES string of the molecule is CCc1c(C(=O)Nc2ccc(-n3cnnn3)c(C)c2)cnn1-c1ccccc1C. The van der Waals surface area contributed by atoms with Crippen molar-refractivity contribution in [2.75, 3.05) is 5.32 Å². The third-order valence-electron chi connectivity index (χ3n) is 4.84. The van der Waals surface area contributed by atoms with Crippen molar-refractivity contribution < 1.29 is 4.79 Å². The average molecular weight is 387 g/mol. The van der Waals surface area contributed by atoms with Gasteiger partial charge in [-0.05, 0) is 66.1 Å². The minimum atomic E-state index is -0.184. The van der Waals surface area contributed by atoms with Crippen LogP contribution in [-0.2, 0) is 6.42 Å². The number of hydrogen-bond donors (Lipinski definition) is 1. The molecule has 0 spiro atoms. The number of amides is 1. The van der Waals surface area contributed by atoms with Crippen molar-refractivity contribution in [2.45, 2.75) is 27.2 Å². The van der Waals surface area contributed by atoms with E-state index in [1.54, 1.807) is 10.9 Å². The number of anilines is 1. The van der Waals surface area contributed by atoms with Gasteiger partial charge in [-0.2, -0.15) is 5.10 Å². The number of aromatic nitrogens is 6. The summed E-state index contributed by atoms with van der Waals surface area (Å²) >= 11 is 0. The van der Waals surface area contributed by atoms with E-state index < -0.39 is 0 Å². The number of rotatable bonds is 5. The van der Waals surface area contributed by atoms with Crippen LogP contribution in [0.25, 0.3) is 11.4 Å². The second-order valence-corrected chi connectivity index (χ2v) is 6.77. The molecule has 0 aliphatic carbocycles. The molecule has 0 unspecified atom stereocenters. The topological polar surface area (TPSA) is 90.5 Å². The summed E-state index contributed by atoms with van der Waals surface area (Å²) < 4.78 is 3.43. The quantitative estimate of drug-likeness (QED) is 0.567. The zero-order valence-electron chi connectivity index (χ0n) is 16.5. The van der Waals surface area contributed by atoms with E-state index in [0.29, 0.717) is 17.7 Å². The molecule has 0 fully saturated rings. The van der Waals surface area contributed by atoms with Crippen LogP contribution < -0.4 is 5.32 Å². The molecule has 0 radical (unpaired) electrons. The number of benzene rings is 2. The first-order valence-electron chi connectivity index (χ1n) is 9.36. The van der Waals surface area contributed by atoms with Gasteiger partial charge in [0, 0.05) is 5.69 Å². The third kappa shape index (κ3) is 3.52. The van der Waals surface area contributed by atoms with Gasteiger partial charge in [0.25, 0.3) is 5.91 Å². The third-order valence-corrected chi connectivity index (χ3v) is 4.84. The lowest BCUT2D eigenvalue weighted by atomic mass is 10.1. The van der Waals surface area contributed by atoms with Gasteiger partial charge in [0.1, 0.15) is 6.33 Å². The van der Waals surface area contributed by atoms with Crippen LogP contribution in [0.1, 0.15) is 34.1 Å². The number of hydrogen-bond acceptors (Lipinski definition) is 5. The Morgan fingerprint density at radius 1 is 1.07 bits per heavy atom. The van der Waals surface area contributed by atoms with Gasteiger partial charge in [0.05, 0.1) is 28.8 Å². The monoisotopic (exact) mass is 387 g/mol. The van der Waals surface area contributed by atoms with E-state index in [0.717, 1.165) is 28.2 Å². The first-order valence-corrected chi connectivity index (χ1v) is 9.36. The highest BCUT2D eigenvalue weighted by atomic mass is 16.1. The predicted octanol–water partition coefficient (Wildman–Crippen LogP) is 3.28. The molecule has 0 saturated carbocycles. The summed E-state index contributed by atoms with van der Waals surface area (Å²) in [6, 6.07) is 13.6. The van der Waals surface area contributed by atoms with Crippen LogP contribution in [0.2, 0.25) is 0 Å². The molecule has 8 heteroatoms. The van der Waals surface area contributed by atoms with Crippen LogP contribution in [0.5, 0.6) is 0 Å². The number of aryl methyl sites for hydroxylation is 2. The Balaban J connectivity index is 1.61. The Morgan fingerprint density at radius 3 is 2.59 bits per heavy atom. The zero-order valence-corrected chi connectivity index (χ0v) is 16.5. The van der Waals surface area contributed by atoms with Crippen molar-refractivity contribution in [3.05, 3.63) is 77.4 Å². The molecule has 2 aromatic heterocycles. The Bertz CT molecular complexity index is 1160. The lowest BCUT2D eigenvalue weighted by Crippen LogP contribution is -2.15. The van der Waals surface area contributed by atoms with Crippen LogP contribution in [0.15, 0.2) is 55.0 Å². The molecule has 0 bridgehead atoms. The molecule has 2 aromatic carbocycles. The van der Waals surface area contributed by atoms with Crippen molar-refractivity contribution in [2.24, 2.45) is 0 Å². The summed E-state index contributed by atoms with van der Waals surface area (Å²) in [7, 11) is 0. The van der Waals surface area contributed by atoms with E-state index in [4.69, 9.17) is 0 Å². The fourth-order valence-corrected chi connectivity index (χ4v) is 3.37. The van der Waals surface area contributed by atoms with Crippen LogP contribution in [0.4, 0.5) is 5.69 Å². The summed E-state index contributed by atoms with van der Waals surface area (Å²) in [6.07, 6.45) is 3.85. The maximum absolute atomic E-state index is 12.9. The van der Waals surface area contributed by atoms with Gasteiger partial charge >= 0.3 is 0 Å². The zero-order chi connectivity index (χ0) is 20.4. The van der Waals surface area contributed by atoms with E-state index in [9.17, 15) is 4.79 Å². The molecular weight excluding hydrogens is 366 g/mol. The van der Waals surface area contributed by atoms with E-state index in [1.165, 1.54) is 6.33 Å². The number of nitrogens with one attached hydrogen (secondary N) is 1. The normalized spacial score (nSPS) is 10.9. The molecular formula is C21H21N7O. The van der Waals surface area contributed by atoms with Crippen molar-refractivity contribution in [1.82, 2.24) is 30.0 Å². The lowest BCUT2D eigenvalue weighted by molar-refractivity contribution is 0.102. The largest absolute Gasteiger partial charge is 0.322 e. The molecule has 4 aromatic rings. The predicted molar refractivity (Wildman–Crippen MR) is 110 cm³/mol. The van der Waals surface area contributed by atoms with E-state index in [-0.39, 0.29) is 5.91 Å². The van der Waals surface area contributed by atoms with Gasteiger partial charge in [-0.1, -0.05) is 25.1 Å². The van der Waals surface area contributed by atoms with Gasteiger partial charge in [0.15, 0.2) is 0 Å². The van der Waals surface area contributed by atoms with Gasteiger partial charge < -0.3 is 5.32 Å². The van der Waals surface area contributed by atoms with Gasteiger partial charge in [-0.25, -0.2) is 9.36 Å². The molecule has 0 aliphatic rings. The number of carbonyl (C=O) groups is 1. The molecule has 0 atom stereocenters. The minimum absolute atomic E-state index is 0.184. The van der Waals surface area contributed by atoms with Gasteiger partial charge in [0.2, 0.25) is 0 Å². The maximum atomic E-state index is 12.9. The van der Waals surface area contributed by atoms with E-state index in [1.807, 2.05) is 67.9 Å². The van der Waals surface area contributed by atoms with Crippen LogP contribution >= 0.6 is 0 Å². The number of carbonyl (C=O) groups excluding carboxylic acids is 1. The number of tetrazole rings is 1. The molecule has 8 nitrogen and oxygen atoms in total. The van der Waals surface area contributed by atoms with Crippen LogP contribution in [-0.4, -0.2) is 35.9 Å². The van der Waals surface area contributed by atoms with Crippen molar-refractivity contribution in [1.29, 1.82) is 0 Å². The van der Waals surface area contributed by atoms with Gasteiger partial charge in [-0.15, -0.1) is 5.10 Å². The van der Waals surface area contributed by atoms with Gasteiger partial charge in [-0.3, -0.25) is 4.79 Å².